The van der Waals surface area contributed by atoms with E-state index in [2.05, 4.69) is 10.2 Å². The Morgan fingerprint density at radius 1 is 1.50 bits per heavy atom. The predicted octanol–water partition coefficient (Wildman–Crippen LogP) is 2.04. The molecule has 1 aliphatic heterocycles. The van der Waals surface area contributed by atoms with Gasteiger partial charge >= 0.3 is 6.03 Å². The minimum absolute atomic E-state index is 0.284. The highest BCUT2D eigenvalue weighted by molar-refractivity contribution is 5.93. The van der Waals surface area contributed by atoms with Crippen molar-refractivity contribution in [3.05, 3.63) is 24.3 Å². The second kappa shape index (κ2) is 3.45. The van der Waals surface area contributed by atoms with Crippen LogP contribution in [0.15, 0.2) is 34.5 Å². The van der Waals surface area contributed by atoms with Crippen LogP contribution in [0.1, 0.15) is 0 Å². The van der Waals surface area contributed by atoms with E-state index in [0.717, 1.165) is 5.69 Å². The molecular formula is C9H9N3O2. The molecule has 72 valence electrons. The smallest absolute Gasteiger partial charge is 0.367 e. The lowest BCUT2D eigenvalue weighted by Crippen LogP contribution is -2.22. The number of ether oxygens (including phenoxy) is 1. The van der Waals surface area contributed by atoms with Crippen molar-refractivity contribution in [2.75, 3.05) is 18.7 Å². The summed E-state index contributed by atoms with van der Waals surface area (Å²) >= 11 is 0. The van der Waals surface area contributed by atoms with Crippen molar-refractivity contribution in [3.63, 3.8) is 0 Å². The van der Waals surface area contributed by atoms with Gasteiger partial charge in [0.1, 0.15) is 12.4 Å². The largest absolute Gasteiger partial charge is 0.497 e. The Hall–Kier alpha value is -1.91. The van der Waals surface area contributed by atoms with E-state index in [1.165, 1.54) is 4.90 Å². The Kier molecular flexibility index (Phi) is 2.14. The molecule has 0 aliphatic carbocycles. The number of hydrogen-bond acceptors (Lipinski definition) is 3. The zero-order chi connectivity index (χ0) is 9.97. The summed E-state index contributed by atoms with van der Waals surface area (Å²) in [5, 5.41) is 7.06. The van der Waals surface area contributed by atoms with Crippen molar-refractivity contribution in [2.24, 2.45) is 10.2 Å². The van der Waals surface area contributed by atoms with Crippen LogP contribution >= 0.6 is 0 Å². The molecule has 0 fully saturated rings. The van der Waals surface area contributed by atoms with E-state index < -0.39 is 0 Å². The van der Waals surface area contributed by atoms with Gasteiger partial charge in [0.05, 0.1) is 12.8 Å². The number of methoxy groups -OCH3 is 1. The zero-order valence-corrected chi connectivity index (χ0v) is 7.67. The molecule has 2 amide bonds. The Bertz CT molecular complexity index is 389. The minimum atomic E-state index is -0.335. The summed E-state index contributed by atoms with van der Waals surface area (Å²) in [6.07, 6.45) is 0. The molecular weight excluding hydrogens is 182 g/mol. The summed E-state index contributed by atoms with van der Waals surface area (Å²) in [4.78, 5) is 12.7. The molecule has 0 saturated heterocycles. The van der Waals surface area contributed by atoms with Crippen LogP contribution in [0.25, 0.3) is 0 Å². The van der Waals surface area contributed by atoms with Gasteiger partial charge in [-0.05, 0) is 12.1 Å². The molecule has 0 unspecified atom stereocenters. The Labute approximate surface area is 81.0 Å². The van der Waals surface area contributed by atoms with Gasteiger partial charge in [0.2, 0.25) is 0 Å². The van der Waals surface area contributed by atoms with Crippen LogP contribution in [0.5, 0.6) is 5.75 Å². The van der Waals surface area contributed by atoms with E-state index >= 15 is 0 Å². The lowest BCUT2D eigenvalue weighted by molar-refractivity contribution is 0.256. The van der Waals surface area contributed by atoms with Crippen LogP contribution in [-0.2, 0) is 0 Å². The summed E-state index contributed by atoms with van der Waals surface area (Å²) in [7, 11) is 1.58. The summed E-state index contributed by atoms with van der Waals surface area (Å²) in [5.41, 5.74) is 0.749. The number of carbonyl (C=O) groups excluding carboxylic acids is 1. The second-order valence-electron chi connectivity index (χ2n) is 2.79. The third kappa shape index (κ3) is 1.44. The van der Waals surface area contributed by atoms with E-state index in [0.29, 0.717) is 5.75 Å². The molecule has 5 nitrogen and oxygen atoms in total. The fourth-order valence-electron chi connectivity index (χ4n) is 1.24. The number of nitrogens with zero attached hydrogens (tertiary/aromatic N) is 3. The highest BCUT2D eigenvalue weighted by atomic mass is 16.5. The Morgan fingerprint density at radius 2 is 2.36 bits per heavy atom. The molecule has 0 saturated carbocycles. The highest BCUT2D eigenvalue weighted by Crippen LogP contribution is 2.23. The normalized spacial score (nSPS) is 14.9. The summed E-state index contributed by atoms with van der Waals surface area (Å²) in [6, 6.07) is 6.89. The number of benzene rings is 1. The third-order valence-corrected chi connectivity index (χ3v) is 1.96. The molecule has 0 N–H and O–H groups in total. The molecule has 1 aromatic rings. The van der Waals surface area contributed by atoms with Crippen molar-refractivity contribution in [1.29, 1.82) is 0 Å². The van der Waals surface area contributed by atoms with Crippen molar-refractivity contribution in [3.8, 4) is 5.75 Å². The van der Waals surface area contributed by atoms with Gasteiger partial charge in [0.15, 0.2) is 0 Å². The molecule has 0 spiro atoms. The average molecular weight is 191 g/mol. The van der Waals surface area contributed by atoms with Gasteiger partial charge in [-0.15, -0.1) is 0 Å². The highest BCUT2D eigenvalue weighted by Gasteiger charge is 2.19. The maximum atomic E-state index is 11.2. The number of urea groups is 1. The van der Waals surface area contributed by atoms with Crippen LogP contribution in [0.2, 0.25) is 0 Å². The summed E-state index contributed by atoms with van der Waals surface area (Å²) in [5.74, 6) is 0.710. The Morgan fingerprint density at radius 3 is 3.00 bits per heavy atom. The van der Waals surface area contributed by atoms with Gasteiger partial charge in [-0.1, -0.05) is 11.2 Å². The summed E-state index contributed by atoms with van der Waals surface area (Å²) in [6.45, 7) is 0.284. The van der Waals surface area contributed by atoms with Crippen LogP contribution in [0.3, 0.4) is 0 Å². The molecule has 14 heavy (non-hydrogen) atoms. The lowest BCUT2D eigenvalue weighted by Gasteiger charge is -2.12. The average Bonchev–Trinajstić information content (AvgIpc) is 2.65. The van der Waals surface area contributed by atoms with E-state index in [9.17, 15) is 4.79 Å². The molecule has 1 aliphatic rings. The fraction of sp³-hybridized carbons (Fsp3) is 0.222. The van der Waals surface area contributed by atoms with Crippen LogP contribution in [0, 0.1) is 0 Å². The van der Waals surface area contributed by atoms with Gasteiger partial charge < -0.3 is 4.74 Å². The molecule has 1 heterocycles. The van der Waals surface area contributed by atoms with Crippen LogP contribution < -0.4 is 9.64 Å². The van der Waals surface area contributed by atoms with E-state index in [1.54, 1.807) is 13.2 Å². The molecule has 0 radical (unpaired) electrons. The molecule has 1 aromatic carbocycles. The zero-order valence-electron chi connectivity index (χ0n) is 7.67. The fourth-order valence-corrected chi connectivity index (χ4v) is 1.24. The standard InChI is InChI=1S/C9H9N3O2/c1-14-8-4-2-3-7(5-8)12-6-10-11-9(12)13/h2-5H,6H2,1H3. The number of amides is 2. The summed E-state index contributed by atoms with van der Waals surface area (Å²) < 4.78 is 5.05. The number of hydrogen-bond donors (Lipinski definition) is 0. The predicted molar refractivity (Wildman–Crippen MR) is 50.6 cm³/mol. The number of anilines is 1. The number of rotatable bonds is 2. The van der Waals surface area contributed by atoms with Gasteiger partial charge in [-0.2, -0.15) is 5.11 Å². The molecule has 0 atom stereocenters. The van der Waals surface area contributed by atoms with Gasteiger partial charge in [-0.3, -0.25) is 4.90 Å². The van der Waals surface area contributed by atoms with E-state index in [1.807, 2.05) is 18.2 Å². The maximum Gasteiger partial charge on any atom is 0.367 e. The third-order valence-electron chi connectivity index (χ3n) is 1.96. The molecule has 0 aromatic heterocycles. The van der Waals surface area contributed by atoms with Crippen LogP contribution in [-0.4, -0.2) is 19.8 Å². The molecule has 2 rings (SSSR count). The maximum absolute atomic E-state index is 11.2. The first-order chi connectivity index (χ1) is 6.81. The first kappa shape index (κ1) is 8.68. The van der Waals surface area contributed by atoms with Crippen molar-refractivity contribution in [1.82, 2.24) is 0 Å². The SMILES string of the molecule is COc1cccc(N2CN=NC2=O)c1. The minimum Gasteiger partial charge on any atom is -0.497 e. The molecule has 5 heteroatoms. The number of azo groups is 1. The molecule has 0 bridgehead atoms. The van der Waals surface area contributed by atoms with E-state index in [4.69, 9.17) is 4.74 Å². The van der Waals surface area contributed by atoms with Crippen molar-refractivity contribution < 1.29 is 9.53 Å². The van der Waals surface area contributed by atoms with Crippen molar-refractivity contribution >= 4 is 11.7 Å². The van der Waals surface area contributed by atoms with Crippen molar-refractivity contribution in [2.45, 2.75) is 0 Å². The lowest BCUT2D eigenvalue weighted by atomic mass is 10.3. The van der Waals surface area contributed by atoms with E-state index in [-0.39, 0.29) is 12.7 Å². The monoisotopic (exact) mass is 191 g/mol. The van der Waals surface area contributed by atoms with Gasteiger partial charge in [0.25, 0.3) is 0 Å². The number of carbonyl (C=O) groups is 1. The van der Waals surface area contributed by atoms with Gasteiger partial charge in [0, 0.05) is 6.07 Å². The quantitative estimate of drug-likeness (QED) is 0.718. The van der Waals surface area contributed by atoms with Crippen LogP contribution in [0.4, 0.5) is 10.5 Å². The second-order valence-corrected chi connectivity index (χ2v) is 2.79. The van der Waals surface area contributed by atoms with Gasteiger partial charge in [-0.25, -0.2) is 4.79 Å². The topological polar surface area (TPSA) is 54.3 Å². The first-order valence-electron chi connectivity index (χ1n) is 4.14. The first-order valence-corrected chi connectivity index (χ1v) is 4.14. The Balaban J connectivity index is 2.28.